The van der Waals surface area contributed by atoms with Gasteiger partial charge >= 0.3 is 0 Å². The molecule has 1 unspecified atom stereocenters. The van der Waals surface area contributed by atoms with E-state index in [0.717, 1.165) is 0 Å². The van der Waals surface area contributed by atoms with Crippen LogP contribution in [0.25, 0.3) is 0 Å². The zero-order valence-electron chi connectivity index (χ0n) is 9.71. The third-order valence-corrected chi connectivity index (χ3v) is 3.59. The highest BCUT2D eigenvalue weighted by Crippen LogP contribution is 2.25. The monoisotopic (exact) mass is 346 g/mol. The van der Waals surface area contributed by atoms with Crippen molar-refractivity contribution in [3.63, 3.8) is 0 Å². The molecule has 1 atom stereocenters. The van der Waals surface area contributed by atoms with Gasteiger partial charge in [0.05, 0.1) is 10.6 Å². The minimum atomic E-state index is -0.926. The summed E-state index contributed by atoms with van der Waals surface area (Å²) in [7, 11) is 0. The maximum atomic E-state index is 13.6. The van der Waals surface area contributed by atoms with Crippen molar-refractivity contribution in [3.8, 4) is 0 Å². The molecule has 5 heteroatoms. The molecule has 2 rings (SSSR count). The lowest BCUT2D eigenvalue weighted by Gasteiger charge is -2.12. The smallest absolute Gasteiger partial charge is 0.137 e. The molecule has 2 aromatic carbocycles. The molecule has 0 amide bonds. The van der Waals surface area contributed by atoms with Gasteiger partial charge in [0, 0.05) is 11.4 Å². The van der Waals surface area contributed by atoms with E-state index in [2.05, 4.69) is 15.9 Å². The van der Waals surface area contributed by atoms with Crippen molar-refractivity contribution in [3.05, 3.63) is 68.7 Å². The number of hydrogen-bond donors (Lipinski definition) is 1. The van der Waals surface area contributed by atoms with E-state index in [1.807, 2.05) is 0 Å². The van der Waals surface area contributed by atoms with Gasteiger partial charge in [-0.1, -0.05) is 17.7 Å². The molecule has 1 nitrogen and oxygen atoms in total. The fourth-order valence-corrected chi connectivity index (χ4v) is 2.34. The van der Waals surface area contributed by atoms with E-state index in [1.54, 1.807) is 0 Å². The lowest BCUT2D eigenvalue weighted by atomic mass is 10.0. The van der Waals surface area contributed by atoms with Gasteiger partial charge in [0.15, 0.2) is 0 Å². The van der Waals surface area contributed by atoms with Crippen molar-refractivity contribution < 1.29 is 13.9 Å². The molecule has 100 valence electrons. The summed E-state index contributed by atoms with van der Waals surface area (Å²) in [5.41, 5.74) is 0.827. The average Bonchev–Trinajstić information content (AvgIpc) is 2.37. The first kappa shape index (κ1) is 14.4. The quantitative estimate of drug-likeness (QED) is 0.856. The van der Waals surface area contributed by atoms with Crippen LogP contribution in [0.15, 0.2) is 40.9 Å². The molecule has 0 aliphatic heterocycles. The summed E-state index contributed by atoms with van der Waals surface area (Å²) in [5.74, 6) is -0.838. The van der Waals surface area contributed by atoms with E-state index in [4.69, 9.17) is 11.6 Å². The highest BCUT2D eigenvalue weighted by Gasteiger charge is 2.13. The van der Waals surface area contributed by atoms with Crippen molar-refractivity contribution in [1.82, 2.24) is 0 Å². The third kappa shape index (κ3) is 3.53. The Balaban J connectivity index is 2.22. The Morgan fingerprint density at radius 2 is 1.79 bits per heavy atom. The van der Waals surface area contributed by atoms with Crippen LogP contribution in [-0.4, -0.2) is 5.11 Å². The van der Waals surface area contributed by atoms with Gasteiger partial charge in [0.25, 0.3) is 0 Å². The number of hydrogen-bond acceptors (Lipinski definition) is 1. The number of halogens is 4. The topological polar surface area (TPSA) is 20.2 Å². The fourth-order valence-electron chi connectivity index (χ4n) is 1.75. The molecule has 0 heterocycles. The highest BCUT2D eigenvalue weighted by atomic mass is 79.9. The normalized spacial score (nSPS) is 12.5. The summed E-state index contributed by atoms with van der Waals surface area (Å²) in [6, 6.07) is 8.36. The first-order chi connectivity index (χ1) is 8.97. The van der Waals surface area contributed by atoms with Crippen LogP contribution >= 0.6 is 27.5 Å². The van der Waals surface area contributed by atoms with Gasteiger partial charge in [-0.25, -0.2) is 8.78 Å². The molecule has 2 aromatic rings. The Morgan fingerprint density at radius 3 is 2.47 bits per heavy atom. The minimum absolute atomic E-state index is 0.0739. The zero-order chi connectivity index (χ0) is 14.0. The van der Waals surface area contributed by atoms with Crippen molar-refractivity contribution >= 4 is 27.5 Å². The molecule has 1 N–H and O–H groups in total. The second kappa shape index (κ2) is 5.99. The van der Waals surface area contributed by atoms with Gasteiger partial charge in [-0.3, -0.25) is 0 Å². The largest absolute Gasteiger partial charge is 0.388 e. The molecule has 0 bridgehead atoms. The second-order valence-electron chi connectivity index (χ2n) is 4.13. The van der Waals surface area contributed by atoms with Gasteiger partial charge in [0.1, 0.15) is 11.6 Å². The number of aliphatic hydroxyl groups is 1. The molecule has 0 aromatic heterocycles. The Morgan fingerprint density at radius 1 is 1.11 bits per heavy atom. The van der Waals surface area contributed by atoms with Gasteiger partial charge in [-0.05, 0) is 57.4 Å². The van der Waals surface area contributed by atoms with E-state index in [0.29, 0.717) is 16.1 Å². The van der Waals surface area contributed by atoms with Crippen molar-refractivity contribution in [1.29, 1.82) is 0 Å². The summed E-state index contributed by atoms with van der Waals surface area (Å²) in [6.07, 6.45) is -0.852. The van der Waals surface area contributed by atoms with Gasteiger partial charge in [0.2, 0.25) is 0 Å². The fraction of sp³-hybridized carbons (Fsp3) is 0.143. The van der Waals surface area contributed by atoms with E-state index >= 15 is 0 Å². The first-order valence-corrected chi connectivity index (χ1v) is 6.71. The van der Waals surface area contributed by atoms with Crippen LogP contribution in [0.5, 0.6) is 0 Å². The molecule has 0 fully saturated rings. The molecule has 0 aliphatic rings. The van der Waals surface area contributed by atoms with E-state index in [-0.39, 0.29) is 10.9 Å². The molecule has 0 saturated heterocycles. The Bertz CT molecular complexity index is 604. The number of rotatable bonds is 3. The van der Waals surface area contributed by atoms with E-state index in [9.17, 15) is 13.9 Å². The number of benzene rings is 2. The van der Waals surface area contributed by atoms with Crippen molar-refractivity contribution in [2.24, 2.45) is 0 Å². The predicted octanol–water partition coefficient (Wildman–Crippen LogP) is 4.66. The van der Waals surface area contributed by atoms with Crippen LogP contribution in [0.3, 0.4) is 0 Å². The standard InChI is InChI=1S/C14H10BrClF2O/c15-11-6-8(1-3-13(11)18)14(19)7-9-5-10(16)2-4-12(9)17/h1-6,14,19H,7H2. The van der Waals surface area contributed by atoms with Crippen LogP contribution in [0, 0.1) is 11.6 Å². The SMILES string of the molecule is OC(Cc1cc(Cl)ccc1F)c1ccc(F)c(Br)c1. The Labute approximate surface area is 123 Å². The Hall–Kier alpha value is -0.970. The maximum Gasteiger partial charge on any atom is 0.137 e. The molecule has 0 aliphatic carbocycles. The van der Waals surface area contributed by atoms with Crippen LogP contribution < -0.4 is 0 Å². The summed E-state index contributed by atoms with van der Waals surface area (Å²) < 4.78 is 26.9. The number of aliphatic hydroxyl groups excluding tert-OH is 1. The highest BCUT2D eigenvalue weighted by molar-refractivity contribution is 9.10. The molecule has 0 saturated carbocycles. The van der Waals surface area contributed by atoms with E-state index < -0.39 is 17.7 Å². The van der Waals surface area contributed by atoms with Crippen LogP contribution in [-0.2, 0) is 6.42 Å². The van der Waals surface area contributed by atoms with Crippen molar-refractivity contribution in [2.45, 2.75) is 12.5 Å². The zero-order valence-corrected chi connectivity index (χ0v) is 12.0. The van der Waals surface area contributed by atoms with Crippen LogP contribution in [0.4, 0.5) is 8.78 Å². The lowest BCUT2D eigenvalue weighted by molar-refractivity contribution is 0.177. The van der Waals surface area contributed by atoms with Crippen molar-refractivity contribution in [2.75, 3.05) is 0 Å². The first-order valence-electron chi connectivity index (χ1n) is 5.54. The van der Waals surface area contributed by atoms with Crippen LogP contribution in [0.2, 0.25) is 5.02 Å². The second-order valence-corrected chi connectivity index (χ2v) is 5.42. The summed E-state index contributed by atoms with van der Waals surface area (Å²) >= 11 is 8.83. The van der Waals surface area contributed by atoms with Gasteiger partial charge in [-0.2, -0.15) is 0 Å². The maximum absolute atomic E-state index is 13.6. The predicted molar refractivity (Wildman–Crippen MR) is 74.2 cm³/mol. The third-order valence-electron chi connectivity index (χ3n) is 2.75. The van der Waals surface area contributed by atoms with Crippen LogP contribution in [0.1, 0.15) is 17.2 Å². The average molecular weight is 348 g/mol. The molecule has 19 heavy (non-hydrogen) atoms. The molecular formula is C14H10BrClF2O. The molecular weight excluding hydrogens is 338 g/mol. The summed E-state index contributed by atoms with van der Waals surface area (Å²) in [6.45, 7) is 0. The summed E-state index contributed by atoms with van der Waals surface area (Å²) in [4.78, 5) is 0. The van der Waals surface area contributed by atoms with E-state index in [1.165, 1.54) is 36.4 Å². The minimum Gasteiger partial charge on any atom is -0.388 e. The Kier molecular flexibility index (Phi) is 4.55. The van der Waals surface area contributed by atoms with Gasteiger partial charge in [-0.15, -0.1) is 0 Å². The molecule has 0 spiro atoms. The molecule has 0 radical (unpaired) electrons. The lowest BCUT2D eigenvalue weighted by Crippen LogP contribution is -2.04. The van der Waals surface area contributed by atoms with Gasteiger partial charge < -0.3 is 5.11 Å². The summed E-state index contributed by atoms with van der Waals surface area (Å²) in [5, 5.41) is 10.5.